The van der Waals surface area contributed by atoms with Gasteiger partial charge in [-0.25, -0.2) is 0 Å². The van der Waals surface area contributed by atoms with Crippen molar-refractivity contribution in [2.45, 2.75) is 45.3 Å². The SMILES string of the molecule is CC(C)(C)OC(=O)CN1CCC[C@@H]1C(=O)O. The van der Waals surface area contributed by atoms with Crippen LogP contribution in [0.2, 0.25) is 0 Å². The van der Waals surface area contributed by atoms with Crippen LogP contribution in [0, 0.1) is 0 Å². The standard InChI is InChI=1S/C11H19NO4/c1-11(2,3)16-9(13)7-12-6-4-5-8(12)10(14)15/h8H,4-7H2,1-3H3,(H,14,15)/t8-/m1/s1. The van der Waals surface area contributed by atoms with E-state index < -0.39 is 17.6 Å². The van der Waals surface area contributed by atoms with Crippen molar-refractivity contribution in [2.24, 2.45) is 0 Å². The molecule has 1 fully saturated rings. The van der Waals surface area contributed by atoms with Crippen molar-refractivity contribution >= 4 is 11.9 Å². The highest BCUT2D eigenvalue weighted by molar-refractivity contribution is 5.76. The van der Waals surface area contributed by atoms with Crippen LogP contribution >= 0.6 is 0 Å². The van der Waals surface area contributed by atoms with Crippen LogP contribution in [0.3, 0.4) is 0 Å². The smallest absolute Gasteiger partial charge is 0.320 e. The normalized spacial score (nSPS) is 22.1. The van der Waals surface area contributed by atoms with E-state index in [0.717, 1.165) is 6.42 Å². The number of rotatable bonds is 3. The maximum atomic E-state index is 11.5. The Morgan fingerprint density at radius 3 is 2.56 bits per heavy atom. The quantitative estimate of drug-likeness (QED) is 0.727. The van der Waals surface area contributed by atoms with Gasteiger partial charge in [0.1, 0.15) is 11.6 Å². The lowest BCUT2D eigenvalue weighted by atomic mass is 10.2. The van der Waals surface area contributed by atoms with Crippen molar-refractivity contribution in [3.63, 3.8) is 0 Å². The van der Waals surface area contributed by atoms with Gasteiger partial charge in [-0.3, -0.25) is 14.5 Å². The molecule has 1 rings (SSSR count). The lowest BCUT2D eigenvalue weighted by Gasteiger charge is -2.24. The first-order valence-corrected chi connectivity index (χ1v) is 5.48. The molecule has 0 bridgehead atoms. The van der Waals surface area contributed by atoms with E-state index in [2.05, 4.69) is 0 Å². The number of carboxylic acids is 1. The van der Waals surface area contributed by atoms with Crippen LogP contribution in [0.5, 0.6) is 0 Å². The molecule has 0 radical (unpaired) electrons. The molecular weight excluding hydrogens is 210 g/mol. The van der Waals surface area contributed by atoms with Crippen molar-refractivity contribution in [1.29, 1.82) is 0 Å². The molecule has 0 unspecified atom stereocenters. The van der Waals surface area contributed by atoms with Gasteiger partial charge in [-0.2, -0.15) is 0 Å². The molecular formula is C11H19NO4. The summed E-state index contributed by atoms with van der Waals surface area (Å²) < 4.78 is 5.15. The summed E-state index contributed by atoms with van der Waals surface area (Å²) in [5.41, 5.74) is -0.518. The monoisotopic (exact) mass is 229 g/mol. The van der Waals surface area contributed by atoms with Crippen LogP contribution in [-0.2, 0) is 14.3 Å². The predicted octanol–water partition coefficient (Wildman–Crippen LogP) is 0.877. The van der Waals surface area contributed by atoms with Crippen LogP contribution < -0.4 is 0 Å². The zero-order valence-electron chi connectivity index (χ0n) is 10.0. The molecule has 1 aliphatic heterocycles. The van der Waals surface area contributed by atoms with E-state index in [1.165, 1.54) is 0 Å². The summed E-state index contributed by atoms with van der Waals surface area (Å²) in [4.78, 5) is 24.1. The third-order valence-electron chi connectivity index (χ3n) is 2.40. The van der Waals surface area contributed by atoms with E-state index in [0.29, 0.717) is 13.0 Å². The summed E-state index contributed by atoms with van der Waals surface area (Å²) in [7, 11) is 0. The summed E-state index contributed by atoms with van der Waals surface area (Å²) in [5, 5.41) is 8.94. The number of likely N-dealkylation sites (tertiary alicyclic amines) is 1. The summed E-state index contributed by atoms with van der Waals surface area (Å²) in [6.45, 7) is 6.10. The molecule has 5 nitrogen and oxygen atoms in total. The van der Waals surface area contributed by atoms with Gasteiger partial charge in [-0.1, -0.05) is 0 Å². The Kier molecular flexibility index (Phi) is 3.91. The number of carbonyl (C=O) groups is 2. The molecule has 1 heterocycles. The highest BCUT2D eigenvalue weighted by Gasteiger charge is 2.32. The zero-order chi connectivity index (χ0) is 12.3. The Morgan fingerprint density at radius 2 is 2.06 bits per heavy atom. The minimum Gasteiger partial charge on any atom is -0.480 e. The van der Waals surface area contributed by atoms with Crippen LogP contribution in [0.15, 0.2) is 0 Å². The van der Waals surface area contributed by atoms with Gasteiger partial charge in [0, 0.05) is 0 Å². The van der Waals surface area contributed by atoms with Gasteiger partial charge in [0.05, 0.1) is 6.54 Å². The van der Waals surface area contributed by atoms with E-state index >= 15 is 0 Å². The second kappa shape index (κ2) is 4.82. The Bertz CT molecular complexity index is 282. The second-order valence-electron chi connectivity index (χ2n) is 5.05. The first kappa shape index (κ1) is 13.0. The van der Waals surface area contributed by atoms with E-state index in [-0.39, 0.29) is 12.5 Å². The Labute approximate surface area is 95.4 Å². The van der Waals surface area contributed by atoms with E-state index in [1.54, 1.807) is 25.7 Å². The number of esters is 1. The molecule has 0 amide bonds. The van der Waals surface area contributed by atoms with E-state index in [4.69, 9.17) is 9.84 Å². The first-order valence-electron chi connectivity index (χ1n) is 5.48. The average Bonchev–Trinajstić information content (AvgIpc) is 2.47. The summed E-state index contributed by atoms with van der Waals surface area (Å²) >= 11 is 0. The number of ether oxygens (including phenoxy) is 1. The molecule has 0 aliphatic carbocycles. The summed E-state index contributed by atoms with van der Waals surface area (Å²) in [6.07, 6.45) is 1.43. The molecule has 92 valence electrons. The minimum absolute atomic E-state index is 0.0637. The lowest BCUT2D eigenvalue weighted by molar-refractivity contribution is -0.157. The Hall–Kier alpha value is -1.10. The molecule has 0 saturated carbocycles. The summed E-state index contributed by atoms with van der Waals surface area (Å²) in [6, 6.07) is -0.535. The largest absolute Gasteiger partial charge is 0.480 e. The van der Waals surface area contributed by atoms with Crippen molar-refractivity contribution in [3.8, 4) is 0 Å². The van der Waals surface area contributed by atoms with Crippen molar-refractivity contribution in [1.82, 2.24) is 4.90 Å². The molecule has 5 heteroatoms. The first-order chi connectivity index (χ1) is 7.29. The fourth-order valence-electron chi connectivity index (χ4n) is 1.83. The Balaban J connectivity index is 2.47. The van der Waals surface area contributed by atoms with Gasteiger partial charge in [0.2, 0.25) is 0 Å². The molecule has 16 heavy (non-hydrogen) atoms. The Morgan fingerprint density at radius 1 is 1.44 bits per heavy atom. The number of hydrogen-bond donors (Lipinski definition) is 1. The van der Waals surface area contributed by atoms with Gasteiger partial charge < -0.3 is 9.84 Å². The second-order valence-corrected chi connectivity index (χ2v) is 5.05. The number of carbonyl (C=O) groups excluding carboxylic acids is 1. The van der Waals surface area contributed by atoms with E-state index in [1.807, 2.05) is 0 Å². The fourth-order valence-corrected chi connectivity index (χ4v) is 1.83. The molecule has 0 aromatic rings. The fraction of sp³-hybridized carbons (Fsp3) is 0.818. The maximum Gasteiger partial charge on any atom is 0.320 e. The van der Waals surface area contributed by atoms with Gasteiger partial charge in [-0.05, 0) is 40.2 Å². The highest BCUT2D eigenvalue weighted by atomic mass is 16.6. The number of nitrogens with zero attached hydrogens (tertiary/aromatic N) is 1. The van der Waals surface area contributed by atoms with Crippen LogP contribution in [0.1, 0.15) is 33.6 Å². The number of aliphatic carboxylic acids is 1. The third-order valence-corrected chi connectivity index (χ3v) is 2.40. The molecule has 1 atom stereocenters. The minimum atomic E-state index is -0.860. The van der Waals surface area contributed by atoms with Gasteiger partial charge in [0.25, 0.3) is 0 Å². The molecule has 1 saturated heterocycles. The predicted molar refractivity (Wildman–Crippen MR) is 58.1 cm³/mol. The van der Waals surface area contributed by atoms with Crippen LogP contribution in [0.25, 0.3) is 0 Å². The topological polar surface area (TPSA) is 66.8 Å². The average molecular weight is 229 g/mol. The van der Waals surface area contributed by atoms with Crippen molar-refractivity contribution in [2.75, 3.05) is 13.1 Å². The molecule has 0 aromatic carbocycles. The molecule has 0 aromatic heterocycles. The van der Waals surface area contributed by atoms with Gasteiger partial charge >= 0.3 is 11.9 Å². The summed E-state index contributed by atoms with van der Waals surface area (Å²) in [5.74, 6) is -1.22. The molecule has 1 N–H and O–H groups in total. The highest BCUT2D eigenvalue weighted by Crippen LogP contribution is 2.17. The van der Waals surface area contributed by atoms with E-state index in [9.17, 15) is 9.59 Å². The molecule has 1 aliphatic rings. The van der Waals surface area contributed by atoms with Crippen molar-refractivity contribution < 1.29 is 19.4 Å². The van der Waals surface area contributed by atoms with Crippen LogP contribution in [0.4, 0.5) is 0 Å². The number of carboxylic acid groups (broad SMARTS) is 1. The van der Waals surface area contributed by atoms with Crippen molar-refractivity contribution in [3.05, 3.63) is 0 Å². The lowest BCUT2D eigenvalue weighted by Crippen LogP contribution is -2.41. The zero-order valence-corrected chi connectivity index (χ0v) is 10.0. The van der Waals surface area contributed by atoms with Crippen LogP contribution in [-0.4, -0.2) is 46.7 Å². The number of hydrogen-bond acceptors (Lipinski definition) is 4. The maximum absolute atomic E-state index is 11.5. The van der Waals surface area contributed by atoms with Gasteiger partial charge in [-0.15, -0.1) is 0 Å². The van der Waals surface area contributed by atoms with Gasteiger partial charge in [0.15, 0.2) is 0 Å². The third kappa shape index (κ3) is 3.81. The molecule has 0 spiro atoms.